The normalized spacial score (nSPS) is 9.97. The second kappa shape index (κ2) is 14.1. The summed E-state index contributed by atoms with van der Waals surface area (Å²) in [6, 6.07) is 8.52. The largest absolute Gasteiger partial charge is 0.345 e. The van der Waals surface area contributed by atoms with Crippen molar-refractivity contribution in [3.63, 3.8) is 0 Å². The van der Waals surface area contributed by atoms with E-state index in [1.807, 2.05) is 45.9 Å². The van der Waals surface area contributed by atoms with E-state index < -0.39 is 21.6 Å². The number of nitrogens with one attached hydrogen (secondary N) is 2. The fourth-order valence-corrected chi connectivity index (χ4v) is 3.76. The van der Waals surface area contributed by atoms with E-state index >= 15 is 0 Å². The third kappa shape index (κ3) is 7.71. The zero-order valence-electron chi connectivity index (χ0n) is 20.1. The number of halogens is 1. The number of nitrogens with zero attached hydrogens (tertiary/aromatic N) is 2. The van der Waals surface area contributed by atoms with Crippen LogP contribution in [0.5, 0.6) is 0 Å². The molecule has 2 N–H and O–H groups in total. The fraction of sp³-hybridized carbons (Fsp3) is 0.296. The highest BCUT2D eigenvalue weighted by atomic mass is 32.2. The molecule has 4 aromatic rings. The van der Waals surface area contributed by atoms with Gasteiger partial charge in [-0.15, -0.1) is 0 Å². The molecular formula is C27H37FN4O3S. The van der Waals surface area contributed by atoms with Gasteiger partial charge in [-0.1, -0.05) is 40.8 Å². The first-order chi connectivity index (χ1) is 16.1. The van der Waals surface area contributed by atoms with Crippen LogP contribution in [0.25, 0.3) is 11.0 Å². The molecule has 0 saturated heterocycles. The van der Waals surface area contributed by atoms with Crippen molar-refractivity contribution in [2.75, 3.05) is 11.0 Å². The van der Waals surface area contributed by atoms with Crippen LogP contribution >= 0.6 is 0 Å². The highest BCUT2D eigenvalue weighted by Gasteiger charge is 2.24. The summed E-state index contributed by atoms with van der Waals surface area (Å²) in [5.41, 5.74) is 2.62. The predicted octanol–water partition coefficient (Wildman–Crippen LogP) is 6.61. The van der Waals surface area contributed by atoms with Crippen molar-refractivity contribution < 1.29 is 17.6 Å². The number of aryl methyl sites for hydroxylation is 3. The van der Waals surface area contributed by atoms with Gasteiger partial charge in [0, 0.05) is 35.7 Å². The van der Waals surface area contributed by atoms with Gasteiger partial charge in [-0.05, 0) is 55.7 Å². The zero-order valence-corrected chi connectivity index (χ0v) is 20.9. The summed E-state index contributed by atoms with van der Waals surface area (Å²) in [6.45, 7) is 9.35. The first-order valence-electron chi connectivity index (χ1n) is 10.7. The molecule has 9 heteroatoms. The minimum Gasteiger partial charge on any atom is -0.345 e. The lowest BCUT2D eigenvalue weighted by molar-refractivity contribution is 0.103. The van der Waals surface area contributed by atoms with E-state index in [1.54, 1.807) is 25.5 Å². The van der Waals surface area contributed by atoms with E-state index in [9.17, 15) is 17.6 Å². The van der Waals surface area contributed by atoms with Gasteiger partial charge in [0.1, 0.15) is 5.65 Å². The van der Waals surface area contributed by atoms with Gasteiger partial charge in [-0.25, -0.2) is 17.8 Å². The summed E-state index contributed by atoms with van der Waals surface area (Å²) < 4.78 is 39.9. The quantitative estimate of drug-likeness (QED) is 0.297. The van der Waals surface area contributed by atoms with Crippen LogP contribution in [0.15, 0.2) is 55.1 Å². The smallest absolute Gasteiger partial charge is 0.229 e. The van der Waals surface area contributed by atoms with E-state index in [-0.39, 0.29) is 26.1 Å². The molecule has 0 unspecified atom stereocenters. The maximum Gasteiger partial charge on any atom is 0.229 e. The van der Waals surface area contributed by atoms with Gasteiger partial charge in [0.25, 0.3) is 0 Å². The Bertz CT molecular complexity index is 1360. The number of hydrogen-bond acceptors (Lipinski definition) is 5. The van der Waals surface area contributed by atoms with Crippen molar-refractivity contribution in [2.24, 2.45) is 0 Å². The van der Waals surface area contributed by atoms with Crippen LogP contribution in [0.3, 0.4) is 0 Å². The molecule has 0 radical (unpaired) electrons. The molecule has 0 saturated carbocycles. The SMILES string of the molecule is C.C.CC.Cc1ccc(NS(C)(=O)=O)c(F)c1C(=O)c1c[nH]c2ncc(C)c(C)c12.c1ccncc1. The summed E-state index contributed by atoms with van der Waals surface area (Å²) >= 11 is 0. The molecule has 3 heterocycles. The van der Waals surface area contributed by atoms with Crippen LogP contribution in [0.4, 0.5) is 10.1 Å². The number of benzene rings is 1. The topological polar surface area (TPSA) is 105 Å². The molecule has 0 aliphatic heterocycles. The number of rotatable bonds is 4. The standard InChI is InChI=1S/C18H18FN3O3S.C5H5N.C2H6.2CH4/c1-9-5-6-13(22-26(4,24)25)16(19)14(9)17(23)12-8-21-18-15(12)11(3)10(2)7-20-18;1-2-4-6-5-3-1;1-2;;/h5-8,22H,1-4H3,(H,20,21);1-5H;1-2H3;2*1H4. The van der Waals surface area contributed by atoms with Gasteiger partial charge in [-0.3, -0.25) is 14.5 Å². The number of sulfonamides is 1. The second-order valence-electron chi connectivity index (χ2n) is 7.34. The van der Waals surface area contributed by atoms with Crippen LogP contribution in [-0.2, 0) is 10.0 Å². The van der Waals surface area contributed by atoms with Crippen LogP contribution in [0.2, 0.25) is 0 Å². The Hall–Kier alpha value is -3.59. The number of fused-ring (bicyclic) bond motifs is 1. The zero-order chi connectivity index (χ0) is 25.5. The summed E-state index contributed by atoms with van der Waals surface area (Å²) in [5, 5.41) is 0.635. The van der Waals surface area contributed by atoms with Gasteiger partial charge in [0.05, 0.1) is 17.5 Å². The number of carbonyl (C=O) groups is 1. The first kappa shape index (κ1) is 32.4. The van der Waals surface area contributed by atoms with Crippen LogP contribution < -0.4 is 4.72 Å². The summed E-state index contributed by atoms with van der Waals surface area (Å²) in [6.07, 6.45) is 7.62. The molecule has 0 spiro atoms. The molecule has 0 atom stereocenters. The van der Waals surface area contributed by atoms with E-state index in [0.29, 0.717) is 22.2 Å². The minimum absolute atomic E-state index is 0. The number of hydrogen-bond donors (Lipinski definition) is 2. The van der Waals surface area contributed by atoms with Crippen molar-refractivity contribution in [2.45, 2.75) is 49.5 Å². The molecule has 3 aromatic heterocycles. The molecule has 0 aliphatic carbocycles. The monoisotopic (exact) mass is 516 g/mol. The number of aromatic amines is 1. The summed E-state index contributed by atoms with van der Waals surface area (Å²) in [5.74, 6) is -1.42. The average molecular weight is 517 g/mol. The van der Waals surface area contributed by atoms with E-state index in [4.69, 9.17) is 0 Å². The molecular weight excluding hydrogens is 479 g/mol. The Balaban J connectivity index is 0.00000106. The van der Waals surface area contributed by atoms with E-state index in [0.717, 1.165) is 17.4 Å². The Morgan fingerprint density at radius 3 is 2.11 bits per heavy atom. The van der Waals surface area contributed by atoms with Crippen molar-refractivity contribution in [3.05, 3.63) is 88.8 Å². The van der Waals surface area contributed by atoms with Gasteiger partial charge in [0.2, 0.25) is 10.0 Å². The lowest BCUT2D eigenvalue weighted by Gasteiger charge is -2.12. The van der Waals surface area contributed by atoms with Gasteiger partial charge < -0.3 is 4.98 Å². The van der Waals surface area contributed by atoms with Crippen LogP contribution in [-0.4, -0.2) is 35.4 Å². The summed E-state index contributed by atoms with van der Waals surface area (Å²) in [4.78, 5) is 24.1. The number of ketones is 1. The van der Waals surface area contributed by atoms with E-state index in [1.165, 1.54) is 18.3 Å². The molecule has 0 amide bonds. The Labute approximate surface area is 214 Å². The lowest BCUT2D eigenvalue weighted by Crippen LogP contribution is -2.14. The van der Waals surface area contributed by atoms with Crippen LogP contribution in [0, 0.1) is 26.6 Å². The first-order valence-corrected chi connectivity index (χ1v) is 12.6. The highest BCUT2D eigenvalue weighted by Crippen LogP contribution is 2.29. The molecule has 7 nitrogen and oxygen atoms in total. The van der Waals surface area contributed by atoms with Gasteiger partial charge >= 0.3 is 0 Å². The van der Waals surface area contributed by atoms with Crippen molar-refractivity contribution >= 4 is 32.5 Å². The highest BCUT2D eigenvalue weighted by molar-refractivity contribution is 7.92. The van der Waals surface area contributed by atoms with Crippen molar-refractivity contribution in [3.8, 4) is 0 Å². The molecule has 1 aromatic carbocycles. The number of pyridine rings is 2. The number of H-pyrrole nitrogens is 1. The molecule has 0 bridgehead atoms. The maximum atomic E-state index is 14.9. The van der Waals surface area contributed by atoms with Gasteiger partial charge in [0.15, 0.2) is 11.6 Å². The molecule has 0 aliphatic rings. The predicted molar refractivity (Wildman–Crippen MR) is 148 cm³/mol. The van der Waals surface area contributed by atoms with Crippen molar-refractivity contribution in [1.29, 1.82) is 0 Å². The Kier molecular flexibility index (Phi) is 12.7. The molecule has 0 fully saturated rings. The number of carbonyl (C=O) groups excluding carboxylic acids is 1. The number of anilines is 1. The molecule has 36 heavy (non-hydrogen) atoms. The Morgan fingerprint density at radius 1 is 1.00 bits per heavy atom. The van der Waals surface area contributed by atoms with Crippen LogP contribution in [0.1, 0.15) is 61.3 Å². The average Bonchev–Trinajstić information content (AvgIpc) is 3.25. The maximum absolute atomic E-state index is 14.9. The molecule has 4 rings (SSSR count). The van der Waals surface area contributed by atoms with E-state index in [2.05, 4.69) is 19.7 Å². The van der Waals surface area contributed by atoms with Crippen molar-refractivity contribution in [1.82, 2.24) is 15.0 Å². The fourth-order valence-electron chi connectivity index (χ4n) is 3.21. The van der Waals surface area contributed by atoms with Gasteiger partial charge in [-0.2, -0.15) is 0 Å². The third-order valence-electron chi connectivity index (χ3n) is 4.90. The third-order valence-corrected chi connectivity index (χ3v) is 5.49. The second-order valence-corrected chi connectivity index (χ2v) is 9.09. The Morgan fingerprint density at radius 2 is 1.61 bits per heavy atom. The number of aromatic nitrogens is 3. The summed E-state index contributed by atoms with van der Waals surface area (Å²) in [7, 11) is -3.67. The lowest BCUT2D eigenvalue weighted by atomic mass is 9.96. The minimum atomic E-state index is -3.67. The molecule has 196 valence electrons.